The summed E-state index contributed by atoms with van der Waals surface area (Å²) in [5, 5.41) is 12.1. The molecule has 5 nitrogen and oxygen atoms in total. The van der Waals surface area contributed by atoms with Crippen LogP contribution in [0, 0.1) is 9.49 Å². The van der Waals surface area contributed by atoms with Crippen molar-refractivity contribution in [3.8, 4) is 0 Å². The fraction of sp³-hybridized carbons (Fsp3) is 0.333. The van der Waals surface area contributed by atoms with E-state index in [0.29, 0.717) is 17.1 Å². The van der Waals surface area contributed by atoms with Gasteiger partial charge in [0.05, 0.1) is 5.02 Å². The molecule has 0 saturated carbocycles. The monoisotopic (exact) mass is 395 g/mol. The van der Waals surface area contributed by atoms with Crippen LogP contribution in [0.25, 0.3) is 0 Å². The molecular weight excluding hydrogens is 381 g/mol. The minimum Gasteiger partial charge on any atom is -0.409 e. The van der Waals surface area contributed by atoms with E-state index in [1.165, 1.54) is 4.90 Å². The van der Waals surface area contributed by atoms with Crippen LogP contribution in [0.3, 0.4) is 0 Å². The van der Waals surface area contributed by atoms with Gasteiger partial charge in [0.15, 0.2) is 0 Å². The lowest BCUT2D eigenvalue weighted by Crippen LogP contribution is -2.36. The highest BCUT2D eigenvalue weighted by Crippen LogP contribution is 2.20. The van der Waals surface area contributed by atoms with Crippen molar-refractivity contribution >= 4 is 45.9 Å². The summed E-state index contributed by atoms with van der Waals surface area (Å²) in [6, 6.07) is 5.15. The van der Waals surface area contributed by atoms with E-state index in [1.54, 1.807) is 32.2 Å². The van der Waals surface area contributed by atoms with Gasteiger partial charge in [-0.15, -0.1) is 0 Å². The standard InChI is InChI=1S/C12H15ClIN3O2/c1-7(11(15)16-19)6-17(2)12(18)8-3-4-10(14)9(13)5-8/h3-5,7,19H,6H2,1-2H3,(H2,15,16). The molecule has 19 heavy (non-hydrogen) atoms. The number of nitrogens with two attached hydrogens (primary N) is 1. The van der Waals surface area contributed by atoms with E-state index in [1.807, 2.05) is 0 Å². The van der Waals surface area contributed by atoms with Crippen molar-refractivity contribution in [2.45, 2.75) is 6.92 Å². The number of carbonyl (C=O) groups excluding carboxylic acids is 1. The van der Waals surface area contributed by atoms with Gasteiger partial charge in [-0.05, 0) is 40.8 Å². The lowest BCUT2D eigenvalue weighted by Gasteiger charge is -2.21. The second-order valence-electron chi connectivity index (χ2n) is 4.24. The number of nitrogens with zero attached hydrogens (tertiary/aromatic N) is 2. The molecule has 0 heterocycles. The maximum Gasteiger partial charge on any atom is 0.253 e. The zero-order chi connectivity index (χ0) is 14.6. The van der Waals surface area contributed by atoms with Crippen LogP contribution in [0.15, 0.2) is 23.4 Å². The van der Waals surface area contributed by atoms with Gasteiger partial charge in [-0.2, -0.15) is 0 Å². The second kappa shape index (κ2) is 6.95. The minimum atomic E-state index is -0.224. The van der Waals surface area contributed by atoms with Crippen molar-refractivity contribution < 1.29 is 10.0 Å². The average Bonchev–Trinajstić information content (AvgIpc) is 2.39. The lowest BCUT2D eigenvalue weighted by atomic mass is 10.1. The first kappa shape index (κ1) is 16.0. The molecule has 0 saturated heterocycles. The predicted molar refractivity (Wildman–Crippen MR) is 83.7 cm³/mol. The average molecular weight is 396 g/mol. The summed E-state index contributed by atoms with van der Waals surface area (Å²) in [6.07, 6.45) is 0. The summed E-state index contributed by atoms with van der Waals surface area (Å²) in [5.41, 5.74) is 6.00. The first-order valence-corrected chi connectivity index (χ1v) is 7.00. The van der Waals surface area contributed by atoms with Gasteiger partial charge in [-0.1, -0.05) is 23.7 Å². The van der Waals surface area contributed by atoms with E-state index < -0.39 is 0 Å². The number of carbonyl (C=O) groups is 1. The number of benzene rings is 1. The number of oxime groups is 1. The Morgan fingerprint density at radius 2 is 2.26 bits per heavy atom. The molecule has 0 radical (unpaired) electrons. The van der Waals surface area contributed by atoms with Gasteiger partial charge < -0.3 is 15.8 Å². The zero-order valence-electron chi connectivity index (χ0n) is 10.6. The molecule has 1 atom stereocenters. The lowest BCUT2D eigenvalue weighted by molar-refractivity contribution is 0.0786. The molecule has 0 aromatic heterocycles. The number of rotatable bonds is 4. The summed E-state index contributed by atoms with van der Waals surface area (Å²) in [6.45, 7) is 2.14. The third-order valence-electron chi connectivity index (χ3n) is 2.68. The predicted octanol–water partition coefficient (Wildman–Crippen LogP) is 2.40. The molecule has 3 N–H and O–H groups in total. The topological polar surface area (TPSA) is 78.9 Å². The fourth-order valence-corrected chi connectivity index (χ4v) is 2.05. The van der Waals surface area contributed by atoms with Crippen LogP contribution in [-0.4, -0.2) is 35.4 Å². The molecule has 0 bridgehead atoms. The molecule has 1 unspecified atom stereocenters. The molecule has 0 aliphatic rings. The van der Waals surface area contributed by atoms with Crippen molar-refractivity contribution in [3.05, 3.63) is 32.4 Å². The summed E-state index contributed by atoms with van der Waals surface area (Å²) in [7, 11) is 1.66. The van der Waals surface area contributed by atoms with Gasteiger partial charge in [0.1, 0.15) is 5.84 Å². The third-order valence-corrected chi connectivity index (χ3v) is 4.25. The molecule has 104 valence electrons. The molecular formula is C12H15ClIN3O2. The first-order valence-electron chi connectivity index (χ1n) is 5.54. The van der Waals surface area contributed by atoms with Crippen molar-refractivity contribution in [2.75, 3.05) is 13.6 Å². The van der Waals surface area contributed by atoms with Crippen LogP contribution in [0.4, 0.5) is 0 Å². The van der Waals surface area contributed by atoms with Crippen LogP contribution < -0.4 is 5.73 Å². The van der Waals surface area contributed by atoms with E-state index in [0.717, 1.165) is 3.57 Å². The number of hydrogen-bond acceptors (Lipinski definition) is 3. The molecule has 0 aliphatic heterocycles. The number of halogens is 2. The Labute approximate surface area is 130 Å². The Bertz CT molecular complexity index is 508. The Morgan fingerprint density at radius 3 is 2.79 bits per heavy atom. The normalized spacial score (nSPS) is 13.2. The van der Waals surface area contributed by atoms with E-state index in [4.69, 9.17) is 22.5 Å². The third kappa shape index (κ3) is 4.24. The largest absolute Gasteiger partial charge is 0.409 e. The van der Waals surface area contributed by atoms with Crippen LogP contribution in [0.1, 0.15) is 17.3 Å². The zero-order valence-corrected chi connectivity index (χ0v) is 13.5. The number of amides is 1. The highest BCUT2D eigenvalue weighted by atomic mass is 127. The summed E-state index contributed by atoms with van der Waals surface area (Å²) in [4.78, 5) is 13.7. The van der Waals surface area contributed by atoms with E-state index in [-0.39, 0.29) is 17.7 Å². The van der Waals surface area contributed by atoms with Crippen molar-refractivity contribution in [1.29, 1.82) is 0 Å². The summed E-state index contributed by atoms with van der Waals surface area (Å²) in [5.74, 6) is -0.283. The van der Waals surface area contributed by atoms with Crippen molar-refractivity contribution in [3.63, 3.8) is 0 Å². The van der Waals surface area contributed by atoms with Gasteiger partial charge in [-0.25, -0.2) is 0 Å². The molecule has 1 rings (SSSR count). The minimum absolute atomic E-state index is 0.0975. The SMILES string of the molecule is CC(CN(C)C(=O)c1ccc(I)c(Cl)c1)/C(N)=N/O. The van der Waals surface area contributed by atoms with Gasteiger partial charge >= 0.3 is 0 Å². The number of hydrogen-bond donors (Lipinski definition) is 2. The maximum absolute atomic E-state index is 12.2. The van der Waals surface area contributed by atoms with Gasteiger partial charge in [0.25, 0.3) is 5.91 Å². The molecule has 7 heteroatoms. The molecule has 1 amide bonds. The highest BCUT2D eigenvalue weighted by molar-refractivity contribution is 14.1. The van der Waals surface area contributed by atoms with Crippen LogP contribution >= 0.6 is 34.2 Å². The quantitative estimate of drug-likeness (QED) is 0.270. The number of amidine groups is 1. The Balaban J connectivity index is 2.79. The Hall–Kier alpha value is -1.02. The highest BCUT2D eigenvalue weighted by Gasteiger charge is 2.17. The molecule has 0 fully saturated rings. The maximum atomic E-state index is 12.2. The van der Waals surface area contributed by atoms with E-state index in [9.17, 15) is 4.79 Å². The van der Waals surface area contributed by atoms with Crippen molar-refractivity contribution in [1.82, 2.24) is 4.90 Å². The van der Waals surface area contributed by atoms with Gasteiger partial charge in [-0.3, -0.25) is 4.79 Å². The molecule has 0 aliphatic carbocycles. The first-order chi connectivity index (χ1) is 8.86. The van der Waals surface area contributed by atoms with Gasteiger partial charge in [0.2, 0.25) is 0 Å². The van der Waals surface area contributed by atoms with E-state index in [2.05, 4.69) is 27.7 Å². The van der Waals surface area contributed by atoms with Crippen LogP contribution in [-0.2, 0) is 0 Å². The molecule has 1 aromatic carbocycles. The van der Waals surface area contributed by atoms with Gasteiger partial charge in [0, 0.05) is 28.6 Å². The van der Waals surface area contributed by atoms with Crippen LogP contribution in [0.2, 0.25) is 5.02 Å². The Morgan fingerprint density at radius 1 is 1.63 bits per heavy atom. The van der Waals surface area contributed by atoms with E-state index >= 15 is 0 Å². The molecule has 1 aromatic rings. The summed E-state index contributed by atoms with van der Waals surface area (Å²) >= 11 is 8.09. The van der Waals surface area contributed by atoms with Crippen molar-refractivity contribution in [2.24, 2.45) is 16.8 Å². The smallest absolute Gasteiger partial charge is 0.253 e. The molecule has 0 spiro atoms. The summed E-state index contributed by atoms with van der Waals surface area (Å²) < 4.78 is 0.892. The second-order valence-corrected chi connectivity index (χ2v) is 5.81. The Kier molecular flexibility index (Phi) is 5.86. The fourth-order valence-electron chi connectivity index (χ4n) is 1.54. The van der Waals surface area contributed by atoms with Crippen LogP contribution in [0.5, 0.6) is 0 Å².